The van der Waals surface area contributed by atoms with E-state index in [9.17, 15) is 19.2 Å². The Morgan fingerprint density at radius 3 is 1.03 bits per heavy atom. The maximum atomic E-state index is 11.9. The monoisotopic (exact) mass is 648 g/mol. The van der Waals surface area contributed by atoms with E-state index in [0.717, 1.165) is 25.7 Å². The van der Waals surface area contributed by atoms with Crippen molar-refractivity contribution in [2.45, 2.75) is 65.2 Å². The number of rotatable bonds is 22. The van der Waals surface area contributed by atoms with E-state index in [1.807, 2.05) is 13.8 Å². The number of nitrogens with zero attached hydrogens (tertiary/aromatic N) is 2. The van der Waals surface area contributed by atoms with Crippen LogP contribution < -0.4 is 0 Å². The second-order valence-electron chi connectivity index (χ2n) is 8.44. The average Bonchev–Trinajstić information content (AvgIpc) is 2.91. The second-order valence-corrected chi connectivity index (χ2v) is 8.77. The molecule has 0 N–H and O–H groups in total. The van der Waals surface area contributed by atoms with Crippen LogP contribution in [0.3, 0.4) is 0 Å². The van der Waals surface area contributed by atoms with Crippen molar-refractivity contribution < 1.29 is 63.4 Å². The van der Waals surface area contributed by atoms with E-state index in [-0.39, 0.29) is 36.2 Å². The molecule has 0 aromatic heterocycles. The Hall–Kier alpha value is -1.59. The van der Waals surface area contributed by atoms with Crippen LogP contribution in [0.2, 0.25) is 0 Å². The van der Waals surface area contributed by atoms with E-state index in [1.165, 1.54) is 0 Å². The number of ketones is 2. The average molecular weight is 647 g/mol. The molecule has 0 aromatic carbocycles. The number of carbonyl (C=O) groups is 4. The first-order valence-electron chi connectivity index (χ1n) is 13.2. The Balaban J connectivity index is -0.000000603. The molecule has 0 aromatic rings. The number of amides is 2. The normalized spacial score (nSPS) is 9.79. The molecule has 0 radical (unpaired) electrons. The Morgan fingerprint density at radius 2 is 0.821 bits per heavy atom. The zero-order valence-corrected chi connectivity index (χ0v) is 26.7. The van der Waals surface area contributed by atoms with E-state index in [1.54, 1.807) is 38.2 Å². The van der Waals surface area contributed by atoms with Gasteiger partial charge >= 0.3 is 25.3 Å². The summed E-state index contributed by atoms with van der Waals surface area (Å²) in [7, 11) is 6.35. The minimum atomic E-state index is -2.03. The van der Waals surface area contributed by atoms with Crippen LogP contribution in [-0.4, -0.2) is 114 Å². The van der Waals surface area contributed by atoms with Crippen LogP contribution in [0.15, 0.2) is 0 Å². The Bertz CT molecular complexity index is 607. The number of ether oxygens (including phenoxy) is 4. The van der Waals surface area contributed by atoms with Crippen molar-refractivity contribution in [2.75, 3.05) is 81.0 Å². The molecule has 0 bridgehead atoms. The van der Waals surface area contributed by atoms with Gasteiger partial charge in [0.1, 0.15) is 11.6 Å². The first-order valence-corrected chi connectivity index (χ1v) is 14.8. The number of methoxy groups -OCH3 is 4. The Kier molecular flexibility index (Phi) is 35.0. The van der Waals surface area contributed by atoms with Crippen molar-refractivity contribution in [3.8, 4) is 0 Å². The third kappa shape index (κ3) is 29.2. The summed E-state index contributed by atoms with van der Waals surface area (Å²) >= 11 is -2.03. The summed E-state index contributed by atoms with van der Waals surface area (Å²) in [6, 6.07) is 0. The topological polar surface area (TPSA) is 146 Å². The van der Waals surface area contributed by atoms with Gasteiger partial charge in [-0.1, -0.05) is 26.7 Å². The van der Waals surface area contributed by atoms with Crippen molar-refractivity contribution >= 4 is 23.4 Å². The van der Waals surface area contributed by atoms with Gasteiger partial charge < -0.3 is 28.7 Å². The molecular weight excluding hydrogens is 596 g/mol. The molecule has 0 heterocycles. The fraction of sp³-hybridized carbons (Fsp3) is 0.846. The van der Waals surface area contributed by atoms with Gasteiger partial charge in [0, 0.05) is 67.5 Å². The molecule has 0 atom stereocenters. The van der Waals surface area contributed by atoms with Gasteiger partial charge in [0.15, 0.2) is 0 Å². The van der Waals surface area contributed by atoms with Crippen LogP contribution in [0.25, 0.3) is 0 Å². The molecule has 0 fully saturated rings. The fourth-order valence-electron chi connectivity index (χ4n) is 3.01. The fourth-order valence-corrected chi connectivity index (χ4v) is 3.01. The molecule has 0 spiro atoms. The Morgan fingerprint density at radius 1 is 0.564 bits per heavy atom. The number of hydrogen-bond donors (Lipinski definition) is 0. The summed E-state index contributed by atoms with van der Waals surface area (Å²) in [5.41, 5.74) is 0. The van der Waals surface area contributed by atoms with Gasteiger partial charge in [-0.25, -0.2) is 0 Å². The molecular formula is C26H50MoN2O10+2. The van der Waals surface area contributed by atoms with Crippen LogP contribution in [0.1, 0.15) is 65.2 Å². The zero-order chi connectivity index (χ0) is 30.3. The van der Waals surface area contributed by atoms with Crippen LogP contribution in [0, 0.1) is 0 Å². The van der Waals surface area contributed by atoms with Crippen LogP contribution >= 0.6 is 0 Å². The molecule has 0 aliphatic rings. The molecule has 2 amide bonds. The Labute approximate surface area is 242 Å². The number of hydrogen-bond acceptors (Lipinski definition) is 10. The van der Waals surface area contributed by atoms with Crippen LogP contribution in [0.4, 0.5) is 0 Å². The molecule has 228 valence electrons. The van der Waals surface area contributed by atoms with Gasteiger partial charge in [0.25, 0.3) is 0 Å². The van der Waals surface area contributed by atoms with Crippen molar-refractivity contribution in [2.24, 2.45) is 0 Å². The van der Waals surface area contributed by atoms with Crippen molar-refractivity contribution in [1.29, 1.82) is 0 Å². The zero-order valence-electron chi connectivity index (χ0n) is 24.7. The van der Waals surface area contributed by atoms with Gasteiger partial charge in [0.05, 0.1) is 39.3 Å². The molecule has 0 rings (SSSR count). The molecule has 0 aliphatic heterocycles. The van der Waals surface area contributed by atoms with E-state index < -0.39 is 18.5 Å². The SMILES string of the molecule is CCCCC(=O)CC(=O)N(CCOC)CCOC.CCCCC(=O)CC(=O)N(CCOC)CCOC.[O]=[Mo+2]=[O]. The van der Waals surface area contributed by atoms with Crippen molar-refractivity contribution in [3.63, 3.8) is 0 Å². The summed E-state index contributed by atoms with van der Waals surface area (Å²) in [5, 5.41) is 0. The van der Waals surface area contributed by atoms with E-state index >= 15 is 0 Å². The quantitative estimate of drug-likeness (QED) is 0.127. The van der Waals surface area contributed by atoms with Gasteiger partial charge in [-0.3, -0.25) is 19.2 Å². The van der Waals surface area contributed by atoms with Gasteiger partial charge in [-0.15, -0.1) is 0 Å². The molecule has 12 nitrogen and oxygen atoms in total. The third-order valence-electron chi connectivity index (χ3n) is 5.28. The minimum absolute atomic E-state index is 0.00652. The first-order chi connectivity index (χ1) is 18.7. The number of unbranched alkanes of at least 4 members (excludes halogenated alkanes) is 2. The summed E-state index contributed by atoms with van der Waals surface area (Å²) in [4.78, 5) is 50.2. The van der Waals surface area contributed by atoms with Gasteiger partial charge in [-0.05, 0) is 12.8 Å². The standard InChI is InChI=1S/2C13H25NO4.Mo.2O/c2*1-4-5-6-12(15)11-13(16)14(7-9-17-2)8-10-18-3;;;/h2*4-11H2,1-3H3;;;/q;;+2;;. The second kappa shape index (κ2) is 32.6. The predicted octanol–water partition coefficient (Wildman–Crippen LogP) is 2.27. The molecule has 0 saturated carbocycles. The van der Waals surface area contributed by atoms with E-state index in [0.29, 0.717) is 65.4 Å². The molecule has 39 heavy (non-hydrogen) atoms. The summed E-state index contributed by atoms with van der Waals surface area (Å²) in [6.45, 7) is 7.94. The summed E-state index contributed by atoms with van der Waals surface area (Å²) in [5.74, 6) is -0.237. The van der Waals surface area contributed by atoms with Crippen molar-refractivity contribution in [3.05, 3.63) is 0 Å². The van der Waals surface area contributed by atoms with Crippen molar-refractivity contribution in [1.82, 2.24) is 9.80 Å². The number of carbonyl (C=O) groups excluding carboxylic acids is 4. The van der Waals surface area contributed by atoms with Crippen LogP contribution in [0.5, 0.6) is 0 Å². The van der Waals surface area contributed by atoms with Crippen LogP contribution in [-0.2, 0) is 63.4 Å². The summed E-state index contributed by atoms with van der Waals surface area (Å²) in [6.07, 6.45) is 4.61. The van der Waals surface area contributed by atoms with E-state index in [2.05, 4.69) is 0 Å². The molecule has 0 aliphatic carbocycles. The molecule has 0 unspecified atom stereocenters. The third-order valence-corrected chi connectivity index (χ3v) is 5.28. The van der Waals surface area contributed by atoms with Gasteiger partial charge in [0.2, 0.25) is 11.8 Å². The maximum absolute atomic E-state index is 11.9. The predicted molar refractivity (Wildman–Crippen MR) is 140 cm³/mol. The number of Topliss-reactive ketones (excluding diaryl/α,β-unsaturated/α-hetero) is 2. The molecule has 0 saturated heterocycles. The molecule has 13 heteroatoms. The van der Waals surface area contributed by atoms with E-state index in [4.69, 9.17) is 25.7 Å². The first kappa shape index (κ1) is 41.9. The summed E-state index contributed by atoms with van der Waals surface area (Å²) < 4.78 is 36.8. The van der Waals surface area contributed by atoms with Gasteiger partial charge in [-0.2, -0.15) is 0 Å².